The normalized spacial score (nSPS) is 17.5. The summed E-state index contributed by atoms with van der Waals surface area (Å²) in [5.74, 6) is 2.01. The number of amides is 1. The Morgan fingerprint density at radius 2 is 2.04 bits per heavy atom. The van der Waals surface area contributed by atoms with Crippen LogP contribution in [0.5, 0.6) is 0 Å². The number of thiophene rings is 1. The highest BCUT2D eigenvalue weighted by Gasteiger charge is 2.26. The third-order valence-electron chi connectivity index (χ3n) is 5.32. The minimum Gasteiger partial charge on any atom is -0.383 e. The first-order valence-electron chi connectivity index (χ1n) is 9.67. The van der Waals surface area contributed by atoms with Crippen molar-refractivity contribution in [3.63, 3.8) is 0 Å². The number of aromatic nitrogens is 2. The number of piperazine rings is 1. The molecule has 8 heteroatoms. The van der Waals surface area contributed by atoms with Crippen LogP contribution in [0.1, 0.15) is 22.7 Å². The summed E-state index contributed by atoms with van der Waals surface area (Å²) in [6, 6.07) is 0. The molecule has 2 aliphatic rings. The van der Waals surface area contributed by atoms with E-state index in [2.05, 4.69) is 15.1 Å². The van der Waals surface area contributed by atoms with E-state index in [0.717, 1.165) is 49.1 Å². The quantitative estimate of drug-likeness (QED) is 0.753. The summed E-state index contributed by atoms with van der Waals surface area (Å²) in [6.45, 7) is 7.06. The highest BCUT2D eigenvalue weighted by atomic mass is 32.1. The van der Waals surface area contributed by atoms with Crippen molar-refractivity contribution in [2.24, 2.45) is 0 Å². The first-order valence-corrected chi connectivity index (χ1v) is 10.5. The van der Waals surface area contributed by atoms with Gasteiger partial charge in [-0.3, -0.25) is 9.69 Å². The number of hydrogen-bond donors (Lipinski definition) is 1. The number of hydrogen-bond acceptors (Lipinski definition) is 7. The summed E-state index contributed by atoms with van der Waals surface area (Å²) in [7, 11) is 1.64. The molecule has 0 aromatic carbocycles. The molecule has 4 rings (SSSR count). The molecule has 0 bridgehead atoms. The molecule has 0 unspecified atom stereocenters. The van der Waals surface area contributed by atoms with E-state index in [9.17, 15) is 4.79 Å². The van der Waals surface area contributed by atoms with Crippen molar-refractivity contribution in [2.75, 3.05) is 57.9 Å². The van der Waals surface area contributed by atoms with Crippen molar-refractivity contribution in [3.8, 4) is 0 Å². The van der Waals surface area contributed by atoms with Crippen molar-refractivity contribution in [1.82, 2.24) is 20.2 Å². The third kappa shape index (κ3) is 3.93. The van der Waals surface area contributed by atoms with Gasteiger partial charge in [-0.05, 0) is 31.7 Å². The Balaban J connectivity index is 1.43. The SMILES string of the molecule is COCCNC(=O)CN1CCN(c2nc(C)nc3sc4c(c23)CCC4)CC1. The van der Waals surface area contributed by atoms with Gasteiger partial charge in [0.1, 0.15) is 16.5 Å². The first-order chi connectivity index (χ1) is 13.2. The van der Waals surface area contributed by atoms with Crippen LogP contribution in [0.2, 0.25) is 0 Å². The maximum Gasteiger partial charge on any atom is 0.234 e. The van der Waals surface area contributed by atoms with Crippen LogP contribution in [-0.4, -0.2) is 73.8 Å². The van der Waals surface area contributed by atoms with E-state index in [1.807, 2.05) is 18.3 Å². The van der Waals surface area contributed by atoms with Crippen LogP contribution in [0.3, 0.4) is 0 Å². The molecule has 1 aliphatic carbocycles. The molecule has 2 aromatic heterocycles. The fourth-order valence-electron chi connectivity index (χ4n) is 3.98. The number of carbonyl (C=O) groups excluding carboxylic acids is 1. The van der Waals surface area contributed by atoms with Gasteiger partial charge in [0.05, 0.1) is 18.5 Å². The maximum absolute atomic E-state index is 12.0. The summed E-state index contributed by atoms with van der Waals surface area (Å²) in [6.07, 6.45) is 3.58. The number of ether oxygens (including phenoxy) is 1. The largest absolute Gasteiger partial charge is 0.383 e. The molecule has 3 heterocycles. The lowest BCUT2D eigenvalue weighted by atomic mass is 10.1. The predicted molar refractivity (Wildman–Crippen MR) is 108 cm³/mol. The average Bonchev–Trinajstić information content (AvgIpc) is 3.22. The number of nitrogens with zero attached hydrogens (tertiary/aromatic N) is 4. The van der Waals surface area contributed by atoms with Crippen molar-refractivity contribution >= 4 is 33.3 Å². The zero-order chi connectivity index (χ0) is 18.8. The molecule has 0 spiro atoms. The lowest BCUT2D eigenvalue weighted by molar-refractivity contribution is -0.122. The third-order valence-corrected chi connectivity index (χ3v) is 6.51. The van der Waals surface area contributed by atoms with Gasteiger partial charge in [-0.1, -0.05) is 0 Å². The van der Waals surface area contributed by atoms with E-state index < -0.39 is 0 Å². The molecule has 1 N–H and O–H groups in total. The van der Waals surface area contributed by atoms with Crippen molar-refractivity contribution in [1.29, 1.82) is 0 Å². The number of aryl methyl sites for hydroxylation is 3. The molecule has 1 amide bonds. The molecule has 2 aromatic rings. The maximum atomic E-state index is 12.0. The molecule has 0 saturated carbocycles. The molecule has 1 fully saturated rings. The molecule has 7 nitrogen and oxygen atoms in total. The zero-order valence-electron chi connectivity index (χ0n) is 16.1. The first kappa shape index (κ1) is 18.6. The van der Waals surface area contributed by atoms with Gasteiger partial charge >= 0.3 is 0 Å². The summed E-state index contributed by atoms with van der Waals surface area (Å²) in [4.78, 5) is 28.7. The van der Waals surface area contributed by atoms with E-state index >= 15 is 0 Å². The van der Waals surface area contributed by atoms with Crippen molar-refractivity contribution in [2.45, 2.75) is 26.2 Å². The molecule has 1 saturated heterocycles. The summed E-state index contributed by atoms with van der Waals surface area (Å²) in [5.41, 5.74) is 1.48. The number of anilines is 1. The lowest BCUT2D eigenvalue weighted by Crippen LogP contribution is -2.50. The number of rotatable bonds is 6. The average molecular weight is 390 g/mol. The Hall–Kier alpha value is -1.77. The van der Waals surface area contributed by atoms with E-state index in [4.69, 9.17) is 14.7 Å². The Kier molecular flexibility index (Phi) is 5.56. The van der Waals surface area contributed by atoms with Crippen LogP contribution < -0.4 is 10.2 Å². The minimum absolute atomic E-state index is 0.0661. The Bertz CT molecular complexity index is 829. The van der Waals surface area contributed by atoms with Gasteiger partial charge < -0.3 is 15.0 Å². The number of carbonyl (C=O) groups is 1. The van der Waals surface area contributed by atoms with Gasteiger partial charge in [-0.2, -0.15) is 0 Å². The molecular weight excluding hydrogens is 362 g/mol. The van der Waals surface area contributed by atoms with Crippen LogP contribution in [0.4, 0.5) is 5.82 Å². The second kappa shape index (κ2) is 8.08. The van der Waals surface area contributed by atoms with Crippen LogP contribution in [0.25, 0.3) is 10.2 Å². The Morgan fingerprint density at radius 1 is 1.22 bits per heavy atom. The molecule has 0 radical (unpaired) electrons. The van der Waals surface area contributed by atoms with Gasteiger partial charge in [-0.15, -0.1) is 11.3 Å². The molecule has 146 valence electrons. The van der Waals surface area contributed by atoms with Crippen LogP contribution in [0.15, 0.2) is 0 Å². The minimum atomic E-state index is 0.0661. The van der Waals surface area contributed by atoms with E-state index in [0.29, 0.717) is 19.7 Å². The van der Waals surface area contributed by atoms with Gasteiger partial charge in [-0.25, -0.2) is 9.97 Å². The van der Waals surface area contributed by atoms with Crippen LogP contribution in [0, 0.1) is 6.92 Å². The fourth-order valence-corrected chi connectivity index (χ4v) is 5.28. The standard InChI is InChI=1S/C19H27N5O2S/c1-13-21-18(17-14-4-3-5-15(14)27-19(17)22-13)24-9-7-23(8-10-24)12-16(25)20-6-11-26-2/h3-12H2,1-2H3,(H,20,25). The van der Waals surface area contributed by atoms with Crippen LogP contribution in [-0.2, 0) is 22.4 Å². The Morgan fingerprint density at radius 3 is 2.81 bits per heavy atom. The predicted octanol–water partition coefficient (Wildman–Crippen LogP) is 1.37. The smallest absolute Gasteiger partial charge is 0.234 e. The summed E-state index contributed by atoms with van der Waals surface area (Å²) in [5, 5.41) is 4.17. The van der Waals surface area contributed by atoms with Gasteiger partial charge in [0.15, 0.2) is 0 Å². The summed E-state index contributed by atoms with van der Waals surface area (Å²) < 4.78 is 4.97. The van der Waals surface area contributed by atoms with Gasteiger partial charge in [0.25, 0.3) is 0 Å². The van der Waals surface area contributed by atoms with Gasteiger partial charge in [0, 0.05) is 44.7 Å². The van der Waals surface area contributed by atoms with E-state index in [-0.39, 0.29) is 5.91 Å². The van der Waals surface area contributed by atoms with Gasteiger partial charge in [0.2, 0.25) is 5.91 Å². The molecular formula is C19H27N5O2S. The zero-order valence-corrected chi connectivity index (χ0v) is 16.9. The monoisotopic (exact) mass is 389 g/mol. The van der Waals surface area contributed by atoms with Crippen LogP contribution >= 0.6 is 11.3 Å². The van der Waals surface area contributed by atoms with E-state index in [1.54, 1.807) is 7.11 Å². The number of nitrogens with one attached hydrogen (secondary N) is 1. The Labute approximate surface area is 163 Å². The lowest BCUT2D eigenvalue weighted by Gasteiger charge is -2.35. The second-order valence-electron chi connectivity index (χ2n) is 7.24. The van der Waals surface area contributed by atoms with Crippen molar-refractivity contribution in [3.05, 3.63) is 16.3 Å². The highest BCUT2D eigenvalue weighted by molar-refractivity contribution is 7.19. The number of methoxy groups -OCH3 is 1. The topological polar surface area (TPSA) is 70.6 Å². The van der Waals surface area contributed by atoms with Crippen molar-refractivity contribution < 1.29 is 9.53 Å². The fraction of sp³-hybridized carbons (Fsp3) is 0.632. The molecule has 27 heavy (non-hydrogen) atoms. The second-order valence-corrected chi connectivity index (χ2v) is 8.32. The highest BCUT2D eigenvalue weighted by Crippen LogP contribution is 2.40. The molecule has 1 aliphatic heterocycles. The summed E-state index contributed by atoms with van der Waals surface area (Å²) >= 11 is 1.85. The van der Waals surface area contributed by atoms with E-state index in [1.165, 1.54) is 28.7 Å². The molecule has 0 atom stereocenters. The number of fused-ring (bicyclic) bond motifs is 3.